The third-order valence-electron chi connectivity index (χ3n) is 7.42. The van der Waals surface area contributed by atoms with Gasteiger partial charge in [-0.2, -0.15) is 0 Å². The number of aromatic hydroxyl groups is 1. The summed E-state index contributed by atoms with van der Waals surface area (Å²) in [6.07, 6.45) is 0.478. The van der Waals surface area contributed by atoms with Crippen LogP contribution in [0.2, 0.25) is 0 Å². The van der Waals surface area contributed by atoms with Crippen LogP contribution in [-0.4, -0.2) is 81.6 Å². The summed E-state index contributed by atoms with van der Waals surface area (Å²) in [5.74, 6) is -7.06. The quantitative estimate of drug-likeness (QED) is 0.157. The maximum absolute atomic E-state index is 13.1. The van der Waals surface area contributed by atoms with Gasteiger partial charge in [0.05, 0.1) is 11.7 Å². The second-order valence-electron chi connectivity index (χ2n) is 9.55. The molecule has 36 heavy (non-hydrogen) atoms. The van der Waals surface area contributed by atoms with Crippen LogP contribution in [0.1, 0.15) is 17.5 Å². The molecule has 0 aromatic heterocycles. The molecule has 0 heterocycles. The number of nitrogens with one attached hydrogen (secondary N) is 2. The number of rotatable bonds is 3. The molecular weight excluding hydrogens is 472 g/mol. The summed E-state index contributed by atoms with van der Waals surface area (Å²) in [5.41, 5.74) is 3.52. The SMILES string of the molecule is CNC(=O)C(=O)Nc1ccc2c(c1O)CC1=C(O)C3(O)C(O)=C(C(N)=O)C(=O)[C@@H](N(C)C)C3CC1C2. The van der Waals surface area contributed by atoms with Crippen LogP contribution < -0.4 is 16.4 Å². The summed E-state index contributed by atoms with van der Waals surface area (Å²) in [6.45, 7) is 0. The number of allylic oxidation sites excluding steroid dienone is 1. The van der Waals surface area contributed by atoms with Gasteiger partial charge in [0.2, 0.25) is 0 Å². The highest BCUT2D eigenvalue weighted by molar-refractivity contribution is 6.39. The van der Waals surface area contributed by atoms with Gasteiger partial charge in [0, 0.05) is 24.9 Å². The molecule has 3 aliphatic rings. The van der Waals surface area contributed by atoms with Crippen molar-refractivity contribution in [3.63, 3.8) is 0 Å². The Bertz CT molecular complexity index is 1270. The van der Waals surface area contributed by atoms with Gasteiger partial charge in [0.15, 0.2) is 11.4 Å². The Morgan fingerprint density at radius 2 is 1.78 bits per heavy atom. The fourth-order valence-corrected chi connectivity index (χ4v) is 5.70. The number of amides is 3. The highest BCUT2D eigenvalue weighted by atomic mass is 16.4. The summed E-state index contributed by atoms with van der Waals surface area (Å²) in [4.78, 5) is 50.1. The minimum Gasteiger partial charge on any atom is -0.509 e. The van der Waals surface area contributed by atoms with E-state index in [-0.39, 0.29) is 30.2 Å². The van der Waals surface area contributed by atoms with Crippen LogP contribution in [0.4, 0.5) is 5.69 Å². The van der Waals surface area contributed by atoms with Gasteiger partial charge in [-0.1, -0.05) is 6.07 Å². The first-order chi connectivity index (χ1) is 16.8. The Kier molecular flexibility index (Phi) is 6.05. The second-order valence-corrected chi connectivity index (χ2v) is 9.55. The molecule has 0 radical (unpaired) electrons. The van der Waals surface area contributed by atoms with Gasteiger partial charge in [-0.25, -0.2) is 0 Å². The number of benzene rings is 1. The number of anilines is 1. The van der Waals surface area contributed by atoms with E-state index >= 15 is 0 Å². The number of phenols is 1. The Morgan fingerprint density at radius 3 is 2.36 bits per heavy atom. The van der Waals surface area contributed by atoms with E-state index < -0.39 is 58.2 Å². The average Bonchev–Trinajstić information content (AvgIpc) is 2.81. The van der Waals surface area contributed by atoms with Crippen LogP contribution in [0.3, 0.4) is 0 Å². The lowest BCUT2D eigenvalue weighted by molar-refractivity contribution is -0.136. The zero-order chi connectivity index (χ0) is 26.7. The number of carbonyl (C=O) groups excluding carboxylic acids is 4. The van der Waals surface area contributed by atoms with E-state index in [1.807, 2.05) is 0 Å². The van der Waals surface area contributed by atoms with E-state index in [0.717, 1.165) is 5.56 Å². The van der Waals surface area contributed by atoms with Crippen molar-refractivity contribution in [2.45, 2.75) is 30.9 Å². The highest BCUT2D eigenvalue weighted by Crippen LogP contribution is 2.53. The van der Waals surface area contributed by atoms with Crippen LogP contribution in [-0.2, 0) is 32.0 Å². The number of phenolic OH excluding ortho intramolecular Hbond substituents is 1. The fraction of sp³-hybridized carbons (Fsp3) is 0.417. The van der Waals surface area contributed by atoms with Crippen LogP contribution in [0, 0.1) is 11.8 Å². The molecular formula is C24H28N4O8. The van der Waals surface area contributed by atoms with Crippen molar-refractivity contribution < 1.29 is 39.6 Å². The smallest absolute Gasteiger partial charge is 0.313 e. The number of nitrogens with zero attached hydrogens (tertiary/aromatic N) is 1. The van der Waals surface area contributed by atoms with Crippen LogP contribution >= 0.6 is 0 Å². The number of likely N-dealkylation sites (N-methyl/N-ethyl adjacent to an activating group) is 2. The summed E-state index contributed by atoms with van der Waals surface area (Å²) < 4.78 is 0. The summed E-state index contributed by atoms with van der Waals surface area (Å²) in [6, 6.07) is 2.11. The third kappa shape index (κ3) is 3.52. The average molecular weight is 501 g/mol. The van der Waals surface area contributed by atoms with E-state index in [4.69, 9.17) is 5.73 Å². The number of hydrogen-bond donors (Lipinski definition) is 7. The van der Waals surface area contributed by atoms with Crippen LogP contribution in [0.25, 0.3) is 0 Å². The molecule has 0 fully saturated rings. The zero-order valence-electron chi connectivity index (χ0n) is 20.0. The first-order valence-corrected chi connectivity index (χ1v) is 11.3. The maximum Gasteiger partial charge on any atom is 0.313 e. The monoisotopic (exact) mass is 500 g/mol. The molecule has 0 aliphatic heterocycles. The van der Waals surface area contributed by atoms with Crippen molar-refractivity contribution >= 4 is 29.2 Å². The van der Waals surface area contributed by atoms with Crippen molar-refractivity contribution in [2.24, 2.45) is 17.6 Å². The standard InChI is InChI=1S/C24H28N4O8/c1-26-22(34)23(35)27-14-5-4-9-6-10-7-13-16(28(2)3)18(30)15(21(25)33)20(32)24(13,36)19(31)12(10)8-11(9)17(14)29/h4-5,10,13,16,29,31-32,36H,6-8H2,1-3H3,(H2,25,33)(H,26,34)(H,27,35)/t10?,13?,16-,24?/m0/s1. The minimum atomic E-state index is -2.43. The number of fused-ring (bicyclic) bond motifs is 3. The van der Waals surface area contributed by atoms with Crippen LogP contribution in [0.15, 0.2) is 34.8 Å². The number of nitrogens with two attached hydrogens (primary N) is 1. The summed E-state index contributed by atoms with van der Waals surface area (Å²) in [7, 11) is 4.46. The van der Waals surface area contributed by atoms with Crippen molar-refractivity contribution in [3.05, 3.63) is 45.9 Å². The molecule has 0 spiro atoms. The lowest BCUT2D eigenvalue weighted by Crippen LogP contribution is -2.62. The normalized spacial score (nSPS) is 27.2. The van der Waals surface area contributed by atoms with Gasteiger partial charge < -0.3 is 36.8 Å². The number of Topliss-reactive ketones (excluding diaryl/α,β-unsaturated/α-hetero) is 1. The van der Waals surface area contributed by atoms with Crippen LogP contribution in [0.5, 0.6) is 5.75 Å². The molecule has 1 aromatic rings. The fourth-order valence-electron chi connectivity index (χ4n) is 5.70. The molecule has 4 atom stereocenters. The highest BCUT2D eigenvalue weighted by Gasteiger charge is 2.61. The third-order valence-corrected chi connectivity index (χ3v) is 7.42. The van der Waals surface area contributed by atoms with Gasteiger partial charge in [-0.15, -0.1) is 0 Å². The predicted molar refractivity (Wildman–Crippen MR) is 126 cm³/mol. The summed E-state index contributed by atoms with van der Waals surface area (Å²) in [5, 5.41) is 49.1. The molecule has 192 valence electrons. The number of aliphatic hydroxyl groups is 3. The molecule has 3 amide bonds. The molecule has 3 unspecified atom stereocenters. The number of primary amides is 1. The molecule has 3 aliphatic carbocycles. The number of aliphatic hydroxyl groups excluding tert-OH is 2. The lowest BCUT2D eigenvalue weighted by Gasteiger charge is -2.50. The van der Waals surface area contributed by atoms with E-state index in [2.05, 4.69) is 10.6 Å². The molecule has 0 bridgehead atoms. The number of hydrogen-bond acceptors (Lipinski definition) is 9. The van der Waals surface area contributed by atoms with E-state index in [9.17, 15) is 39.6 Å². The number of carbonyl (C=O) groups is 4. The maximum atomic E-state index is 13.1. The Labute approximate surface area is 206 Å². The Morgan fingerprint density at radius 1 is 1.11 bits per heavy atom. The minimum absolute atomic E-state index is 0.0111. The molecule has 12 nitrogen and oxygen atoms in total. The van der Waals surface area contributed by atoms with Gasteiger partial charge in [0.25, 0.3) is 5.91 Å². The molecule has 1 aromatic carbocycles. The Balaban J connectivity index is 1.82. The van der Waals surface area contributed by atoms with Gasteiger partial charge >= 0.3 is 11.8 Å². The number of ketones is 1. The predicted octanol–water partition coefficient (Wildman–Crippen LogP) is -0.835. The molecule has 4 rings (SSSR count). The van der Waals surface area contributed by atoms with Crippen molar-refractivity contribution in [1.29, 1.82) is 0 Å². The van der Waals surface area contributed by atoms with Gasteiger partial charge in [-0.3, -0.25) is 24.1 Å². The zero-order valence-corrected chi connectivity index (χ0v) is 20.0. The molecule has 0 saturated heterocycles. The largest absolute Gasteiger partial charge is 0.509 e. The van der Waals surface area contributed by atoms with E-state index in [1.165, 1.54) is 18.0 Å². The molecule has 12 heteroatoms. The molecule has 8 N–H and O–H groups in total. The first-order valence-electron chi connectivity index (χ1n) is 11.3. The topological polar surface area (TPSA) is 203 Å². The first kappa shape index (κ1) is 25.2. The summed E-state index contributed by atoms with van der Waals surface area (Å²) >= 11 is 0. The second kappa shape index (κ2) is 8.64. The molecule has 0 saturated carbocycles. The van der Waals surface area contributed by atoms with Crippen molar-refractivity contribution in [3.8, 4) is 5.75 Å². The van der Waals surface area contributed by atoms with Crippen molar-refractivity contribution in [2.75, 3.05) is 26.5 Å². The lowest BCUT2D eigenvalue weighted by atomic mass is 9.59. The van der Waals surface area contributed by atoms with Gasteiger partial charge in [-0.05, 0) is 50.1 Å². The van der Waals surface area contributed by atoms with E-state index in [1.54, 1.807) is 20.2 Å². The van der Waals surface area contributed by atoms with Crippen molar-refractivity contribution in [1.82, 2.24) is 10.2 Å². The Hall–Kier alpha value is -3.90. The van der Waals surface area contributed by atoms with Gasteiger partial charge in [0.1, 0.15) is 22.8 Å². The van der Waals surface area contributed by atoms with E-state index in [0.29, 0.717) is 17.6 Å².